The minimum atomic E-state index is -0.769. The smallest absolute Gasteiger partial charge is 0.289 e. The summed E-state index contributed by atoms with van der Waals surface area (Å²) in [6.07, 6.45) is 0.794. The first-order valence-electron chi connectivity index (χ1n) is 6.13. The molecular weight excluding hydrogens is 234 g/mol. The number of hydrogen-bond donors (Lipinski definition) is 2. The second-order valence-corrected chi connectivity index (χ2v) is 5.31. The van der Waals surface area contributed by atoms with E-state index in [2.05, 4.69) is 0 Å². The van der Waals surface area contributed by atoms with Crippen LogP contribution in [0.5, 0.6) is 0 Å². The van der Waals surface area contributed by atoms with Gasteiger partial charge in [0.2, 0.25) is 0 Å². The van der Waals surface area contributed by atoms with Crippen molar-refractivity contribution < 1.29 is 19.4 Å². The first-order valence-corrected chi connectivity index (χ1v) is 6.13. The van der Waals surface area contributed by atoms with Gasteiger partial charge in [0.1, 0.15) is 12.4 Å². The van der Waals surface area contributed by atoms with Crippen molar-refractivity contribution in [1.82, 2.24) is 4.90 Å². The maximum atomic E-state index is 12.1. The van der Waals surface area contributed by atoms with Crippen LogP contribution in [0, 0.1) is 5.92 Å². The number of aliphatic hydroxyl groups is 2. The van der Waals surface area contributed by atoms with E-state index in [1.807, 2.05) is 0 Å². The number of amides is 1. The number of aliphatic hydroxyl groups excluding tert-OH is 1. The van der Waals surface area contributed by atoms with Crippen LogP contribution in [-0.4, -0.2) is 39.7 Å². The number of carbonyl (C=O) groups is 1. The molecule has 2 rings (SSSR count). The Morgan fingerprint density at radius 1 is 1.56 bits per heavy atom. The van der Waals surface area contributed by atoms with Crippen LogP contribution < -0.4 is 0 Å². The van der Waals surface area contributed by atoms with Gasteiger partial charge in [0.05, 0.1) is 5.60 Å². The molecule has 5 nitrogen and oxygen atoms in total. The van der Waals surface area contributed by atoms with Gasteiger partial charge in [-0.25, -0.2) is 0 Å². The Morgan fingerprint density at radius 2 is 2.28 bits per heavy atom. The maximum absolute atomic E-state index is 12.1. The lowest BCUT2D eigenvalue weighted by molar-refractivity contribution is 0.0209. The molecule has 1 amide bonds. The van der Waals surface area contributed by atoms with Crippen molar-refractivity contribution in [2.45, 2.75) is 32.5 Å². The Hall–Kier alpha value is -1.33. The van der Waals surface area contributed by atoms with Crippen molar-refractivity contribution >= 4 is 5.91 Å². The van der Waals surface area contributed by atoms with Crippen LogP contribution in [0.2, 0.25) is 0 Å². The van der Waals surface area contributed by atoms with Gasteiger partial charge in [0, 0.05) is 19.0 Å². The Bertz CT molecular complexity index is 432. The number of carbonyl (C=O) groups excluding carboxylic acids is 1. The molecule has 100 valence electrons. The van der Waals surface area contributed by atoms with Crippen molar-refractivity contribution in [2.75, 3.05) is 13.1 Å². The number of furan rings is 1. The summed E-state index contributed by atoms with van der Waals surface area (Å²) in [5.74, 6) is 0.544. The maximum Gasteiger partial charge on any atom is 0.289 e. The van der Waals surface area contributed by atoms with Gasteiger partial charge in [-0.2, -0.15) is 0 Å². The van der Waals surface area contributed by atoms with E-state index in [1.165, 1.54) is 0 Å². The number of rotatable bonds is 3. The molecule has 1 saturated heterocycles. The molecule has 5 heteroatoms. The molecule has 0 aliphatic carbocycles. The van der Waals surface area contributed by atoms with E-state index < -0.39 is 5.60 Å². The van der Waals surface area contributed by atoms with Crippen LogP contribution in [0.3, 0.4) is 0 Å². The third kappa shape index (κ3) is 2.57. The first-order chi connectivity index (χ1) is 8.41. The Kier molecular flexibility index (Phi) is 3.45. The van der Waals surface area contributed by atoms with Gasteiger partial charge in [0.15, 0.2) is 5.76 Å². The molecule has 18 heavy (non-hydrogen) atoms. The quantitative estimate of drug-likeness (QED) is 0.843. The standard InChI is InChI=1S/C13H19NO4/c1-13(2,17)9-5-6-14(7-9)12(16)11-4-3-10(8-15)18-11/h3-4,9,15,17H,5-8H2,1-2H3/t9-/m0/s1. The average Bonchev–Trinajstić information content (AvgIpc) is 2.96. The number of nitrogens with zero attached hydrogens (tertiary/aromatic N) is 1. The molecule has 0 bridgehead atoms. The third-order valence-electron chi connectivity index (χ3n) is 3.50. The van der Waals surface area contributed by atoms with E-state index >= 15 is 0 Å². The highest BCUT2D eigenvalue weighted by Crippen LogP contribution is 2.28. The molecule has 1 aliphatic rings. The van der Waals surface area contributed by atoms with Gasteiger partial charge >= 0.3 is 0 Å². The molecule has 2 heterocycles. The third-order valence-corrected chi connectivity index (χ3v) is 3.50. The molecule has 1 aromatic rings. The first kappa shape index (κ1) is 13.1. The lowest BCUT2D eigenvalue weighted by atomic mass is 9.90. The van der Waals surface area contributed by atoms with E-state index in [0.717, 1.165) is 6.42 Å². The summed E-state index contributed by atoms with van der Waals surface area (Å²) < 4.78 is 5.22. The van der Waals surface area contributed by atoms with Crippen LogP contribution in [0.1, 0.15) is 36.6 Å². The number of likely N-dealkylation sites (tertiary alicyclic amines) is 1. The normalized spacial score (nSPS) is 20.4. The second kappa shape index (κ2) is 4.74. The molecule has 0 spiro atoms. The Balaban J connectivity index is 2.03. The van der Waals surface area contributed by atoms with Crippen molar-refractivity contribution in [1.29, 1.82) is 0 Å². The van der Waals surface area contributed by atoms with Crippen LogP contribution in [0.15, 0.2) is 16.5 Å². The van der Waals surface area contributed by atoms with Gasteiger partial charge in [-0.15, -0.1) is 0 Å². The fourth-order valence-electron chi connectivity index (χ4n) is 2.26. The number of hydrogen-bond acceptors (Lipinski definition) is 4. The zero-order valence-electron chi connectivity index (χ0n) is 10.7. The zero-order chi connectivity index (χ0) is 13.3. The molecule has 2 N–H and O–H groups in total. The van der Waals surface area contributed by atoms with Gasteiger partial charge in [-0.05, 0) is 32.4 Å². The van der Waals surface area contributed by atoms with Crippen molar-refractivity contribution in [2.24, 2.45) is 5.92 Å². The molecule has 1 fully saturated rings. The van der Waals surface area contributed by atoms with Crippen molar-refractivity contribution in [3.05, 3.63) is 23.7 Å². The van der Waals surface area contributed by atoms with Crippen LogP contribution in [0.4, 0.5) is 0 Å². The molecule has 0 radical (unpaired) electrons. The minimum absolute atomic E-state index is 0.0914. The van der Waals surface area contributed by atoms with E-state index in [0.29, 0.717) is 18.8 Å². The minimum Gasteiger partial charge on any atom is -0.453 e. The summed E-state index contributed by atoms with van der Waals surface area (Å²) in [5.41, 5.74) is -0.769. The van der Waals surface area contributed by atoms with Gasteiger partial charge in [-0.1, -0.05) is 0 Å². The predicted molar refractivity (Wildman–Crippen MR) is 64.9 cm³/mol. The van der Waals surface area contributed by atoms with E-state index in [-0.39, 0.29) is 24.2 Å². The fraction of sp³-hybridized carbons (Fsp3) is 0.615. The molecule has 1 aliphatic heterocycles. The summed E-state index contributed by atoms with van der Waals surface area (Å²) in [6, 6.07) is 3.17. The van der Waals surface area contributed by atoms with E-state index in [4.69, 9.17) is 9.52 Å². The summed E-state index contributed by atoms with van der Waals surface area (Å²) >= 11 is 0. The SMILES string of the molecule is CC(C)(O)[C@H]1CCN(C(=O)c2ccc(CO)o2)C1. The van der Waals surface area contributed by atoms with Crippen LogP contribution in [-0.2, 0) is 6.61 Å². The zero-order valence-corrected chi connectivity index (χ0v) is 10.7. The molecule has 1 atom stereocenters. The summed E-state index contributed by atoms with van der Waals surface area (Å²) in [4.78, 5) is 13.8. The molecule has 0 unspecified atom stereocenters. The molecule has 1 aromatic heterocycles. The highest BCUT2D eigenvalue weighted by molar-refractivity contribution is 5.91. The van der Waals surface area contributed by atoms with Gasteiger partial charge in [-0.3, -0.25) is 4.79 Å². The summed E-state index contributed by atoms with van der Waals surface area (Å²) in [6.45, 7) is 4.49. The highest BCUT2D eigenvalue weighted by atomic mass is 16.4. The van der Waals surface area contributed by atoms with Crippen molar-refractivity contribution in [3.8, 4) is 0 Å². The highest BCUT2D eigenvalue weighted by Gasteiger charge is 2.36. The van der Waals surface area contributed by atoms with Gasteiger partial charge in [0.25, 0.3) is 5.91 Å². The largest absolute Gasteiger partial charge is 0.453 e. The Labute approximate surface area is 106 Å². The van der Waals surface area contributed by atoms with E-state index in [1.54, 1.807) is 30.9 Å². The lowest BCUT2D eigenvalue weighted by Gasteiger charge is -2.25. The van der Waals surface area contributed by atoms with Crippen LogP contribution in [0.25, 0.3) is 0 Å². The second-order valence-electron chi connectivity index (χ2n) is 5.31. The molecule has 0 aromatic carbocycles. The Morgan fingerprint density at radius 3 is 2.78 bits per heavy atom. The van der Waals surface area contributed by atoms with E-state index in [9.17, 15) is 9.90 Å². The van der Waals surface area contributed by atoms with Crippen LogP contribution >= 0.6 is 0 Å². The fourth-order valence-corrected chi connectivity index (χ4v) is 2.26. The predicted octanol–water partition coefficient (Wildman–Crippen LogP) is 1.00. The van der Waals surface area contributed by atoms with Gasteiger partial charge < -0.3 is 19.5 Å². The lowest BCUT2D eigenvalue weighted by Crippen LogP contribution is -2.35. The molecule has 0 saturated carbocycles. The summed E-state index contributed by atoms with van der Waals surface area (Å²) in [7, 11) is 0. The average molecular weight is 253 g/mol. The monoisotopic (exact) mass is 253 g/mol. The topological polar surface area (TPSA) is 73.9 Å². The summed E-state index contributed by atoms with van der Waals surface area (Å²) in [5, 5.41) is 18.8. The molecular formula is C13H19NO4. The van der Waals surface area contributed by atoms with Crippen molar-refractivity contribution in [3.63, 3.8) is 0 Å².